The lowest BCUT2D eigenvalue weighted by molar-refractivity contribution is -0.114. The lowest BCUT2D eigenvalue weighted by atomic mass is 9.90. The lowest BCUT2D eigenvalue weighted by Crippen LogP contribution is -2.35. The van der Waals surface area contributed by atoms with Crippen molar-refractivity contribution in [1.82, 2.24) is 5.01 Å². The minimum Gasteiger partial charge on any atom is -0.490 e. The van der Waals surface area contributed by atoms with E-state index in [9.17, 15) is 4.79 Å². The molecule has 3 aliphatic rings. The maximum Gasteiger partial charge on any atom is 0.283 e. The average molecular weight is 598 g/mol. The van der Waals surface area contributed by atoms with Crippen LogP contribution in [-0.4, -0.2) is 46.8 Å². The summed E-state index contributed by atoms with van der Waals surface area (Å²) >= 11 is 4.83. The molecule has 0 bridgehead atoms. The summed E-state index contributed by atoms with van der Waals surface area (Å²) in [5.41, 5.74) is 0.906. The molecule has 198 valence electrons. The molecule has 0 unspecified atom stereocenters. The number of amides is 1. The van der Waals surface area contributed by atoms with E-state index in [-0.39, 0.29) is 11.4 Å². The minimum absolute atomic E-state index is 0.0432. The Kier molecular flexibility index (Phi) is 8.48. The Labute approximate surface area is 234 Å². The highest BCUT2D eigenvalue weighted by molar-refractivity contribution is 9.10. The van der Waals surface area contributed by atoms with E-state index in [1.54, 1.807) is 18.2 Å². The van der Waals surface area contributed by atoms with Crippen LogP contribution in [0.2, 0.25) is 0 Å². The number of ether oxygens (including phenoxy) is 3. The molecule has 1 amide bonds. The first-order chi connectivity index (χ1) is 18.5. The first kappa shape index (κ1) is 26.5. The molecular formula is C28H29BrN4O4S. The Hall–Kier alpha value is -3.11. The molecule has 0 aromatic heterocycles. The van der Waals surface area contributed by atoms with Crippen LogP contribution in [0.4, 0.5) is 0 Å². The van der Waals surface area contributed by atoms with Gasteiger partial charge in [0.15, 0.2) is 17.3 Å². The number of nitrogens with one attached hydrogen (secondary N) is 1. The first-order valence-electron chi connectivity index (χ1n) is 12.8. The van der Waals surface area contributed by atoms with E-state index < -0.39 is 5.91 Å². The summed E-state index contributed by atoms with van der Waals surface area (Å²) in [5.74, 6) is 1.90. The number of benzene rings is 2. The Balaban J connectivity index is 1.27. The Morgan fingerprint density at radius 2 is 1.82 bits per heavy atom. The van der Waals surface area contributed by atoms with E-state index in [0.29, 0.717) is 48.0 Å². The third-order valence-corrected chi connectivity index (χ3v) is 8.03. The highest BCUT2D eigenvalue weighted by Crippen LogP contribution is 2.36. The molecule has 10 heteroatoms. The van der Waals surface area contributed by atoms with Crippen molar-refractivity contribution < 1.29 is 19.0 Å². The van der Waals surface area contributed by atoms with E-state index in [1.165, 1.54) is 36.0 Å². The molecule has 1 saturated carbocycles. The van der Waals surface area contributed by atoms with Gasteiger partial charge in [0.1, 0.15) is 24.0 Å². The number of amidine groups is 2. The predicted molar refractivity (Wildman–Crippen MR) is 154 cm³/mol. The van der Waals surface area contributed by atoms with Crippen LogP contribution in [0.25, 0.3) is 6.08 Å². The number of hydrogen-bond donors (Lipinski definition) is 1. The highest BCUT2D eigenvalue weighted by Gasteiger charge is 2.38. The predicted octanol–water partition coefficient (Wildman–Crippen LogP) is 6.51. The number of fused-ring (bicyclic) bond motifs is 1. The third kappa shape index (κ3) is 6.13. The molecule has 1 aliphatic carbocycles. The second-order valence-electron chi connectivity index (χ2n) is 9.08. The zero-order valence-corrected chi connectivity index (χ0v) is 23.5. The van der Waals surface area contributed by atoms with Gasteiger partial charge in [0, 0.05) is 10.4 Å². The second kappa shape index (κ2) is 12.2. The number of rotatable bonds is 9. The van der Waals surface area contributed by atoms with Gasteiger partial charge < -0.3 is 14.2 Å². The van der Waals surface area contributed by atoms with E-state index in [0.717, 1.165) is 28.1 Å². The number of carbonyl (C=O) groups excluding carboxylic acids is 1. The zero-order valence-electron chi connectivity index (χ0n) is 21.1. The van der Waals surface area contributed by atoms with Crippen molar-refractivity contribution in [2.24, 2.45) is 16.0 Å². The van der Waals surface area contributed by atoms with Gasteiger partial charge in [-0.3, -0.25) is 10.2 Å². The quantitative estimate of drug-likeness (QED) is 0.262. The molecule has 8 nitrogen and oxygen atoms in total. The fourth-order valence-corrected chi connectivity index (χ4v) is 5.86. The summed E-state index contributed by atoms with van der Waals surface area (Å²) in [5, 5.41) is 16.3. The van der Waals surface area contributed by atoms with Crippen LogP contribution in [0, 0.1) is 11.3 Å². The van der Waals surface area contributed by atoms with Crippen LogP contribution in [0.3, 0.4) is 0 Å². The van der Waals surface area contributed by atoms with Crippen LogP contribution in [-0.2, 0) is 4.79 Å². The summed E-state index contributed by atoms with van der Waals surface area (Å²) in [6.45, 7) is 3.07. The van der Waals surface area contributed by atoms with Gasteiger partial charge >= 0.3 is 0 Å². The summed E-state index contributed by atoms with van der Waals surface area (Å²) in [4.78, 5) is 17.1. The van der Waals surface area contributed by atoms with Gasteiger partial charge in [-0.15, -0.1) is 0 Å². The molecular weight excluding hydrogens is 568 g/mol. The summed E-state index contributed by atoms with van der Waals surface area (Å²) in [7, 11) is 0. The summed E-state index contributed by atoms with van der Waals surface area (Å²) < 4.78 is 18.4. The molecule has 38 heavy (non-hydrogen) atoms. The molecule has 1 N–H and O–H groups in total. The Morgan fingerprint density at radius 1 is 1.05 bits per heavy atom. The first-order valence-corrected chi connectivity index (χ1v) is 14.4. The van der Waals surface area contributed by atoms with E-state index >= 15 is 0 Å². The highest BCUT2D eigenvalue weighted by atomic mass is 79.9. The van der Waals surface area contributed by atoms with E-state index in [2.05, 4.69) is 26.0 Å². The molecule has 1 fully saturated rings. The Morgan fingerprint density at radius 3 is 2.58 bits per heavy atom. The average Bonchev–Trinajstić information content (AvgIpc) is 3.36. The van der Waals surface area contributed by atoms with Crippen LogP contribution in [0.15, 0.2) is 62.6 Å². The number of hydrogen-bond acceptors (Lipinski definition) is 7. The fraction of sp³-hybridized carbons (Fsp3) is 0.357. The smallest absolute Gasteiger partial charge is 0.283 e. The third-order valence-electron chi connectivity index (χ3n) is 6.43. The molecule has 0 atom stereocenters. The van der Waals surface area contributed by atoms with Crippen LogP contribution in [0.1, 0.15) is 44.6 Å². The van der Waals surface area contributed by atoms with Gasteiger partial charge in [-0.25, -0.2) is 0 Å². The van der Waals surface area contributed by atoms with Crippen molar-refractivity contribution in [2.75, 3.05) is 19.8 Å². The van der Waals surface area contributed by atoms with E-state index in [1.807, 2.05) is 37.3 Å². The molecule has 5 rings (SSSR count). The van der Waals surface area contributed by atoms with Gasteiger partial charge in [0.25, 0.3) is 5.91 Å². The summed E-state index contributed by atoms with van der Waals surface area (Å²) in [6.07, 6.45) is 7.50. The van der Waals surface area contributed by atoms with Gasteiger partial charge in [0.05, 0.1) is 12.2 Å². The zero-order chi connectivity index (χ0) is 26.5. The maximum absolute atomic E-state index is 12.9. The number of hydrazone groups is 1. The second-order valence-corrected chi connectivity index (χ2v) is 11.0. The summed E-state index contributed by atoms with van der Waals surface area (Å²) in [6, 6.07) is 13.0. The molecule has 2 aromatic carbocycles. The van der Waals surface area contributed by atoms with Crippen LogP contribution < -0.4 is 14.2 Å². The Bertz CT molecular complexity index is 1300. The number of thioether (sulfide) groups is 1. The van der Waals surface area contributed by atoms with Crippen molar-refractivity contribution in [1.29, 1.82) is 5.41 Å². The maximum atomic E-state index is 12.9. The molecule has 0 saturated heterocycles. The normalized spacial score (nSPS) is 18.8. The molecule has 0 radical (unpaired) electrons. The van der Waals surface area contributed by atoms with Crippen molar-refractivity contribution in [2.45, 2.75) is 39.0 Å². The van der Waals surface area contributed by atoms with Gasteiger partial charge in [0.2, 0.25) is 5.17 Å². The van der Waals surface area contributed by atoms with Crippen molar-refractivity contribution >= 4 is 55.7 Å². The topological polar surface area (TPSA) is 96.6 Å². The standard InChI is InChI=1S/C28H29BrN4O4S/c1-2-35-24-17-18(8-13-23(24)37-15-14-36-21-11-9-20(29)10-12-21)16-22-25(30)33-28(31-26(22)34)38-27(32-33)19-6-4-3-5-7-19/h8-13,16-17,19,30H,2-7,14-15H2,1H3/b22-16-,30-25?. The minimum atomic E-state index is -0.433. The van der Waals surface area contributed by atoms with Crippen LogP contribution >= 0.6 is 27.7 Å². The molecule has 2 aromatic rings. The van der Waals surface area contributed by atoms with E-state index in [4.69, 9.17) is 19.6 Å². The van der Waals surface area contributed by atoms with Gasteiger partial charge in [-0.05, 0) is 79.6 Å². The molecule has 2 aliphatic heterocycles. The monoisotopic (exact) mass is 596 g/mol. The van der Waals surface area contributed by atoms with Gasteiger partial charge in [-0.2, -0.15) is 15.1 Å². The largest absolute Gasteiger partial charge is 0.490 e. The van der Waals surface area contributed by atoms with Crippen molar-refractivity contribution in [3.05, 3.63) is 58.1 Å². The molecule has 0 spiro atoms. The lowest BCUT2D eigenvalue weighted by Gasteiger charge is -2.20. The van der Waals surface area contributed by atoms with Crippen molar-refractivity contribution in [3.63, 3.8) is 0 Å². The molecule has 2 heterocycles. The number of carbonyl (C=O) groups is 1. The SMILES string of the molecule is CCOc1cc(/C=C2/C(=N)N3N=C(C4CCCCC4)SC3=NC2=O)ccc1OCCOc1ccc(Br)cc1. The number of aliphatic imine (C=N–C) groups is 1. The van der Waals surface area contributed by atoms with Crippen LogP contribution in [0.5, 0.6) is 17.2 Å². The van der Waals surface area contributed by atoms with Crippen molar-refractivity contribution in [3.8, 4) is 17.2 Å². The number of halogens is 1. The number of nitrogens with zero attached hydrogens (tertiary/aromatic N) is 3. The fourth-order valence-electron chi connectivity index (χ4n) is 4.53. The van der Waals surface area contributed by atoms with Gasteiger partial charge in [-0.1, -0.05) is 41.3 Å².